The Kier molecular flexibility index (Phi) is 5.41. The monoisotopic (exact) mass is 482 g/mol. The molecule has 0 aromatic carbocycles. The number of alkyl halides is 3. The Hall–Kier alpha value is -1.67. The summed E-state index contributed by atoms with van der Waals surface area (Å²) >= 11 is 6.18. The van der Waals surface area contributed by atoms with Crippen LogP contribution in [0.15, 0.2) is 12.4 Å². The van der Waals surface area contributed by atoms with Crippen molar-refractivity contribution < 1.29 is 26.7 Å². The molecule has 1 spiro atoms. The highest BCUT2D eigenvalue weighted by molar-refractivity contribution is 7.86. The molecule has 2 aromatic heterocycles. The number of nitrogens with two attached hydrogens (primary N) is 1. The SMILES string of the molecule is Cc1cc(Cl)n2ncnc(N3CC4(CC(N(CC(O)CC(F)(F)F)S(N)(=O)=O)C4)C3)c12. The van der Waals surface area contributed by atoms with E-state index in [4.69, 9.17) is 16.7 Å². The maximum absolute atomic E-state index is 12.5. The molecule has 1 unspecified atom stereocenters. The van der Waals surface area contributed by atoms with Crippen molar-refractivity contribution in [3.05, 3.63) is 23.1 Å². The Morgan fingerprint density at radius 2 is 2.06 bits per heavy atom. The highest BCUT2D eigenvalue weighted by Gasteiger charge is 2.56. The van der Waals surface area contributed by atoms with Gasteiger partial charge in [-0.15, -0.1) is 0 Å². The van der Waals surface area contributed by atoms with E-state index in [0.717, 1.165) is 21.2 Å². The van der Waals surface area contributed by atoms with Crippen molar-refractivity contribution >= 4 is 33.1 Å². The first-order valence-electron chi connectivity index (χ1n) is 9.56. The molecule has 14 heteroatoms. The molecule has 172 valence electrons. The second-order valence-corrected chi connectivity index (χ2v) is 10.4. The fourth-order valence-electron chi connectivity index (χ4n) is 4.71. The largest absolute Gasteiger partial charge is 0.391 e. The second-order valence-electron chi connectivity index (χ2n) is 8.50. The number of hydrogen-bond acceptors (Lipinski definition) is 6. The molecule has 0 radical (unpaired) electrons. The first-order valence-corrected chi connectivity index (χ1v) is 11.4. The van der Waals surface area contributed by atoms with E-state index in [2.05, 4.69) is 10.1 Å². The van der Waals surface area contributed by atoms with E-state index in [9.17, 15) is 26.7 Å². The molecule has 31 heavy (non-hydrogen) atoms. The van der Waals surface area contributed by atoms with E-state index in [1.807, 2.05) is 11.8 Å². The summed E-state index contributed by atoms with van der Waals surface area (Å²) in [5.41, 5.74) is 1.54. The zero-order valence-corrected chi connectivity index (χ0v) is 18.1. The van der Waals surface area contributed by atoms with Crippen LogP contribution in [-0.4, -0.2) is 70.4 Å². The van der Waals surface area contributed by atoms with E-state index < -0.39 is 41.5 Å². The van der Waals surface area contributed by atoms with Crippen LogP contribution >= 0.6 is 11.6 Å². The lowest BCUT2D eigenvalue weighted by Gasteiger charge is -2.60. The fraction of sp³-hybridized carbons (Fsp3) is 0.647. The van der Waals surface area contributed by atoms with Gasteiger partial charge >= 0.3 is 6.18 Å². The number of rotatable bonds is 6. The summed E-state index contributed by atoms with van der Waals surface area (Å²) in [7, 11) is -4.25. The van der Waals surface area contributed by atoms with E-state index in [-0.39, 0.29) is 5.41 Å². The molecule has 1 aliphatic heterocycles. The number of fused-ring (bicyclic) bond motifs is 1. The number of aryl methyl sites for hydroxylation is 1. The highest BCUT2D eigenvalue weighted by atomic mass is 35.5. The third kappa shape index (κ3) is 4.33. The molecule has 0 amide bonds. The van der Waals surface area contributed by atoms with Gasteiger partial charge < -0.3 is 10.0 Å². The molecule has 2 aromatic rings. The smallest absolute Gasteiger partial charge is 0.391 e. The van der Waals surface area contributed by atoms with E-state index in [1.54, 1.807) is 10.6 Å². The van der Waals surface area contributed by atoms with Crippen molar-refractivity contribution in [3.63, 3.8) is 0 Å². The van der Waals surface area contributed by atoms with Gasteiger partial charge in [-0.3, -0.25) is 0 Å². The Morgan fingerprint density at radius 1 is 1.42 bits per heavy atom. The van der Waals surface area contributed by atoms with Crippen LogP contribution < -0.4 is 10.0 Å². The average Bonchev–Trinajstić information content (AvgIpc) is 2.83. The van der Waals surface area contributed by atoms with Crippen LogP contribution in [-0.2, 0) is 10.2 Å². The maximum atomic E-state index is 12.5. The van der Waals surface area contributed by atoms with Gasteiger partial charge in [-0.25, -0.2) is 14.6 Å². The fourth-order valence-corrected chi connectivity index (χ4v) is 5.94. The number of nitrogens with zero attached hydrogens (tertiary/aromatic N) is 5. The molecule has 0 bridgehead atoms. The third-order valence-corrected chi connectivity index (χ3v) is 7.33. The third-order valence-electron chi connectivity index (χ3n) is 5.96. The normalized spacial score (nSPS) is 20.3. The van der Waals surface area contributed by atoms with E-state index in [1.165, 1.54) is 6.33 Å². The lowest BCUT2D eigenvalue weighted by molar-refractivity contribution is -0.155. The topological polar surface area (TPSA) is 117 Å². The molecule has 3 heterocycles. The van der Waals surface area contributed by atoms with Crippen LogP contribution in [0.4, 0.5) is 19.0 Å². The predicted octanol–water partition coefficient (Wildman–Crippen LogP) is 1.48. The summed E-state index contributed by atoms with van der Waals surface area (Å²) in [6.07, 6.45) is -5.66. The number of halogens is 4. The van der Waals surface area contributed by atoms with E-state index >= 15 is 0 Å². The standard InChI is InChI=1S/C17H22ClF3N6O3S/c1-10-2-13(18)27-14(10)15(23-9-24-27)25-7-16(8-25)3-11(4-16)26(31(22,29)30)6-12(28)5-17(19,20)21/h2,9,11-12,28H,3-8H2,1H3,(H2,22,29,30). The highest BCUT2D eigenvalue weighted by Crippen LogP contribution is 2.52. The number of aromatic nitrogens is 3. The zero-order valence-electron chi connectivity index (χ0n) is 16.5. The summed E-state index contributed by atoms with van der Waals surface area (Å²) in [5, 5.41) is 19.5. The van der Waals surface area contributed by atoms with E-state index in [0.29, 0.717) is 31.1 Å². The first-order chi connectivity index (χ1) is 14.3. The summed E-state index contributed by atoms with van der Waals surface area (Å²) in [6, 6.07) is 1.25. The Bertz CT molecular complexity index is 1090. The molecule has 1 atom stereocenters. The Morgan fingerprint density at radius 3 is 2.65 bits per heavy atom. The summed E-state index contributed by atoms with van der Waals surface area (Å²) in [6.45, 7) is 2.44. The Balaban J connectivity index is 1.42. The van der Waals surface area contributed by atoms with Gasteiger partial charge in [0.2, 0.25) is 0 Å². The molecule has 3 N–H and O–H groups in total. The first kappa shape index (κ1) is 22.5. The number of hydrogen-bond donors (Lipinski definition) is 2. The summed E-state index contributed by atoms with van der Waals surface area (Å²) in [4.78, 5) is 6.40. The van der Waals surface area contributed by atoms with Crippen molar-refractivity contribution in [2.75, 3.05) is 24.5 Å². The van der Waals surface area contributed by atoms with Gasteiger partial charge in [0.05, 0.1) is 12.5 Å². The van der Waals surface area contributed by atoms with Gasteiger partial charge in [0.1, 0.15) is 17.0 Å². The van der Waals surface area contributed by atoms with Crippen molar-refractivity contribution in [1.82, 2.24) is 18.9 Å². The predicted molar refractivity (Wildman–Crippen MR) is 107 cm³/mol. The minimum absolute atomic E-state index is 0.172. The average molecular weight is 483 g/mol. The molecule has 2 aliphatic rings. The van der Waals surface area contributed by atoms with Gasteiger partial charge in [-0.2, -0.15) is 31.0 Å². The molecule has 4 rings (SSSR count). The van der Waals surface area contributed by atoms with Crippen LogP contribution in [0.5, 0.6) is 0 Å². The van der Waals surface area contributed by atoms with Gasteiger partial charge in [0.25, 0.3) is 10.2 Å². The quantitative estimate of drug-likeness (QED) is 0.644. The van der Waals surface area contributed by atoms with Crippen LogP contribution in [0.25, 0.3) is 5.52 Å². The minimum Gasteiger partial charge on any atom is -0.391 e. The zero-order chi connectivity index (χ0) is 22.8. The lowest BCUT2D eigenvalue weighted by Crippen LogP contribution is -2.68. The van der Waals surface area contributed by atoms with Crippen LogP contribution in [0, 0.1) is 12.3 Å². The lowest BCUT2D eigenvalue weighted by atomic mass is 9.60. The van der Waals surface area contributed by atoms with Crippen molar-refractivity contribution in [1.29, 1.82) is 0 Å². The van der Waals surface area contributed by atoms with Gasteiger partial charge in [0, 0.05) is 31.1 Å². The second kappa shape index (κ2) is 7.44. The molecular formula is C17H22ClF3N6O3S. The molecule has 1 saturated carbocycles. The number of anilines is 1. The van der Waals surface area contributed by atoms with Crippen LogP contribution in [0.1, 0.15) is 24.8 Å². The van der Waals surface area contributed by atoms with Gasteiger partial charge in [-0.1, -0.05) is 11.6 Å². The van der Waals surface area contributed by atoms with Crippen molar-refractivity contribution in [2.24, 2.45) is 10.6 Å². The Labute approximate surface area is 181 Å². The van der Waals surface area contributed by atoms with Crippen LogP contribution in [0.3, 0.4) is 0 Å². The molecule has 1 saturated heterocycles. The van der Waals surface area contributed by atoms with Crippen molar-refractivity contribution in [3.8, 4) is 0 Å². The molecule has 9 nitrogen and oxygen atoms in total. The summed E-state index contributed by atoms with van der Waals surface area (Å²) in [5.74, 6) is 0.720. The van der Waals surface area contributed by atoms with Crippen LogP contribution in [0.2, 0.25) is 5.15 Å². The minimum atomic E-state index is -4.60. The van der Waals surface area contributed by atoms with Gasteiger partial charge in [0.15, 0.2) is 5.82 Å². The van der Waals surface area contributed by atoms with Crippen molar-refractivity contribution in [2.45, 2.75) is 44.5 Å². The molecule has 1 aliphatic carbocycles. The van der Waals surface area contributed by atoms with Gasteiger partial charge in [-0.05, 0) is 31.4 Å². The number of aliphatic hydroxyl groups excluding tert-OH is 1. The number of aliphatic hydroxyl groups is 1. The summed E-state index contributed by atoms with van der Waals surface area (Å²) < 4.78 is 63.7. The maximum Gasteiger partial charge on any atom is 0.391 e. The molecular weight excluding hydrogens is 461 g/mol. The molecule has 2 fully saturated rings.